The van der Waals surface area contributed by atoms with Crippen LogP contribution >= 0.6 is 0 Å². The van der Waals surface area contributed by atoms with E-state index in [1.807, 2.05) is 12.1 Å². The number of carbonyl (C=O) groups is 1. The highest BCUT2D eigenvalue weighted by Crippen LogP contribution is 2.30. The normalized spacial score (nSPS) is 14.8. The van der Waals surface area contributed by atoms with Crippen LogP contribution in [0.2, 0.25) is 0 Å². The topological polar surface area (TPSA) is 60.4 Å². The fourth-order valence-corrected chi connectivity index (χ4v) is 3.79. The van der Waals surface area contributed by atoms with Crippen LogP contribution in [0.25, 0.3) is 0 Å². The number of oxime groups is 1. The van der Waals surface area contributed by atoms with Crippen LogP contribution in [0.5, 0.6) is 11.5 Å². The predicted octanol–water partition coefficient (Wildman–Crippen LogP) is 4.82. The molecule has 0 saturated carbocycles. The van der Waals surface area contributed by atoms with Crippen LogP contribution in [0.15, 0.2) is 71.9 Å². The minimum atomic E-state index is -0.497. The SMILES string of the molecule is COc1ccc(C2=NOC(CN(Cc3ccc(F)cc3)C(=O)c3cccc(F)c3)C2)cc1OC. The molecule has 6 nitrogen and oxygen atoms in total. The Bertz CT molecular complexity index is 1200. The quantitative estimate of drug-likeness (QED) is 0.478. The Morgan fingerprint density at radius 2 is 1.76 bits per heavy atom. The predicted molar refractivity (Wildman–Crippen MR) is 123 cm³/mol. The molecule has 176 valence electrons. The molecule has 0 spiro atoms. The summed E-state index contributed by atoms with van der Waals surface area (Å²) in [5.41, 5.74) is 2.50. The molecule has 0 radical (unpaired) electrons. The zero-order valence-corrected chi connectivity index (χ0v) is 18.8. The Morgan fingerprint density at radius 3 is 2.47 bits per heavy atom. The van der Waals surface area contributed by atoms with Crippen LogP contribution in [0.3, 0.4) is 0 Å². The van der Waals surface area contributed by atoms with Crippen LogP contribution in [0, 0.1) is 11.6 Å². The number of benzene rings is 3. The van der Waals surface area contributed by atoms with Crippen molar-refractivity contribution >= 4 is 11.6 Å². The molecular formula is C26H24F2N2O4. The van der Waals surface area contributed by atoms with Crippen molar-refractivity contribution in [3.8, 4) is 11.5 Å². The average molecular weight is 466 g/mol. The molecule has 0 aliphatic carbocycles. The van der Waals surface area contributed by atoms with Gasteiger partial charge in [0, 0.05) is 24.1 Å². The first kappa shape index (κ1) is 23.2. The third-order valence-corrected chi connectivity index (χ3v) is 5.52. The van der Waals surface area contributed by atoms with Gasteiger partial charge in [-0.15, -0.1) is 0 Å². The molecule has 1 aliphatic heterocycles. The van der Waals surface area contributed by atoms with Crippen molar-refractivity contribution in [1.29, 1.82) is 0 Å². The van der Waals surface area contributed by atoms with Gasteiger partial charge in [-0.05, 0) is 54.1 Å². The van der Waals surface area contributed by atoms with Gasteiger partial charge in [0.25, 0.3) is 5.91 Å². The van der Waals surface area contributed by atoms with E-state index in [1.165, 1.54) is 30.3 Å². The first-order chi connectivity index (χ1) is 16.5. The maximum Gasteiger partial charge on any atom is 0.254 e. The molecule has 3 aromatic carbocycles. The summed E-state index contributed by atoms with van der Waals surface area (Å²) in [6.45, 7) is 0.425. The summed E-state index contributed by atoms with van der Waals surface area (Å²) in [5, 5.41) is 4.21. The van der Waals surface area contributed by atoms with Crippen molar-refractivity contribution in [3.63, 3.8) is 0 Å². The van der Waals surface area contributed by atoms with E-state index < -0.39 is 11.9 Å². The van der Waals surface area contributed by atoms with Crippen LogP contribution in [-0.4, -0.2) is 43.4 Å². The maximum absolute atomic E-state index is 13.7. The minimum Gasteiger partial charge on any atom is -0.493 e. The van der Waals surface area contributed by atoms with Crippen LogP contribution < -0.4 is 9.47 Å². The molecule has 1 atom stereocenters. The molecule has 1 aliphatic rings. The number of hydrogen-bond acceptors (Lipinski definition) is 5. The molecular weight excluding hydrogens is 442 g/mol. The Labute approximate surface area is 196 Å². The molecule has 4 rings (SSSR count). The van der Waals surface area contributed by atoms with E-state index in [0.29, 0.717) is 23.6 Å². The summed E-state index contributed by atoms with van der Waals surface area (Å²) in [6.07, 6.45) is 0.0623. The molecule has 0 N–H and O–H groups in total. The van der Waals surface area contributed by atoms with E-state index in [0.717, 1.165) is 11.1 Å². The molecule has 0 aromatic heterocycles. The molecule has 0 fully saturated rings. The van der Waals surface area contributed by atoms with Gasteiger partial charge in [-0.2, -0.15) is 0 Å². The Morgan fingerprint density at radius 1 is 1.00 bits per heavy atom. The number of hydrogen-bond donors (Lipinski definition) is 0. The van der Waals surface area contributed by atoms with Gasteiger partial charge in [-0.1, -0.05) is 23.4 Å². The van der Waals surface area contributed by atoms with Gasteiger partial charge < -0.3 is 19.2 Å². The molecule has 0 bridgehead atoms. The lowest BCUT2D eigenvalue weighted by atomic mass is 10.0. The highest BCUT2D eigenvalue weighted by atomic mass is 19.1. The van der Waals surface area contributed by atoms with E-state index in [9.17, 15) is 13.6 Å². The zero-order chi connectivity index (χ0) is 24.1. The van der Waals surface area contributed by atoms with Crippen LogP contribution in [0.4, 0.5) is 8.78 Å². The van der Waals surface area contributed by atoms with Gasteiger partial charge in [0.15, 0.2) is 17.6 Å². The van der Waals surface area contributed by atoms with Gasteiger partial charge in [-0.3, -0.25) is 4.79 Å². The van der Waals surface area contributed by atoms with Gasteiger partial charge in [-0.25, -0.2) is 8.78 Å². The first-order valence-electron chi connectivity index (χ1n) is 10.7. The number of ether oxygens (including phenoxy) is 2. The van der Waals surface area contributed by atoms with E-state index in [2.05, 4.69) is 5.16 Å². The van der Waals surface area contributed by atoms with Crippen molar-refractivity contribution in [2.45, 2.75) is 19.1 Å². The molecule has 8 heteroatoms. The van der Waals surface area contributed by atoms with Gasteiger partial charge in [0.1, 0.15) is 11.6 Å². The molecule has 1 unspecified atom stereocenters. The standard InChI is InChI=1S/C26H24F2N2O4/c1-32-24-11-8-18(13-25(24)33-2)23-14-22(34-29-23)16-30(15-17-6-9-20(27)10-7-17)26(31)19-4-3-5-21(28)12-19/h3-13,22H,14-16H2,1-2H3. The monoisotopic (exact) mass is 466 g/mol. The molecule has 1 amide bonds. The number of amides is 1. The van der Waals surface area contributed by atoms with Crippen molar-refractivity contribution < 1.29 is 27.9 Å². The third kappa shape index (κ3) is 5.33. The second-order valence-corrected chi connectivity index (χ2v) is 7.86. The second kappa shape index (κ2) is 10.3. The number of rotatable bonds is 8. The summed E-state index contributed by atoms with van der Waals surface area (Å²) in [4.78, 5) is 20.4. The average Bonchev–Trinajstić information content (AvgIpc) is 3.32. The Kier molecular flexibility index (Phi) is 7.06. The van der Waals surface area contributed by atoms with Crippen molar-refractivity contribution in [2.75, 3.05) is 20.8 Å². The summed E-state index contributed by atoms with van der Waals surface area (Å²) in [5.74, 6) is -0.0338. The highest BCUT2D eigenvalue weighted by Gasteiger charge is 2.28. The molecule has 3 aromatic rings. The van der Waals surface area contributed by atoms with Gasteiger partial charge in [0.2, 0.25) is 0 Å². The second-order valence-electron chi connectivity index (χ2n) is 7.86. The maximum atomic E-state index is 13.7. The van der Waals surface area contributed by atoms with Crippen LogP contribution in [-0.2, 0) is 11.4 Å². The lowest BCUT2D eigenvalue weighted by molar-refractivity contribution is 0.0405. The lowest BCUT2D eigenvalue weighted by Crippen LogP contribution is -2.37. The summed E-state index contributed by atoms with van der Waals surface area (Å²) in [7, 11) is 3.12. The first-order valence-corrected chi connectivity index (χ1v) is 10.7. The van der Waals surface area contributed by atoms with Crippen LogP contribution in [0.1, 0.15) is 27.9 Å². The van der Waals surface area contributed by atoms with E-state index >= 15 is 0 Å². The molecule has 0 saturated heterocycles. The summed E-state index contributed by atoms with van der Waals surface area (Å²) in [6, 6.07) is 16.9. The minimum absolute atomic E-state index is 0.210. The lowest BCUT2D eigenvalue weighted by Gasteiger charge is -2.25. The fraction of sp³-hybridized carbons (Fsp3) is 0.231. The Hall–Kier alpha value is -3.94. The van der Waals surface area contributed by atoms with Gasteiger partial charge >= 0.3 is 0 Å². The summed E-state index contributed by atoms with van der Waals surface area (Å²) >= 11 is 0. The third-order valence-electron chi connectivity index (χ3n) is 5.52. The highest BCUT2D eigenvalue weighted by molar-refractivity contribution is 6.02. The number of carbonyl (C=O) groups excluding carboxylic acids is 1. The van der Waals surface area contributed by atoms with Gasteiger partial charge in [0.05, 0.1) is 26.5 Å². The number of nitrogens with zero attached hydrogens (tertiary/aromatic N) is 2. The molecule has 1 heterocycles. The van der Waals surface area contributed by atoms with Crippen molar-refractivity contribution in [2.24, 2.45) is 5.16 Å². The zero-order valence-electron chi connectivity index (χ0n) is 18.8. The fourth-order valence-electron chi connectivity index (χ4n) is 3.79. The van der Waals surface area contributed by atoms with Crippen molar-refractivity contribution in [3.05, 3.63) is 95.1 Å². The Balaban J connectivity index is 1.51. The number of halogens is 2. The van der Waals surface area contributed by atoms with E-state index in [4.69, 9.17) is 14.3 Å². The molecule has 34 heavy (non-hydrogen) atoms. The smallest absolute Gasteiger partial charge is 0.254 e. The van der Waals surface area contributed by atoms with E-state index in [-0.39, 0.29) is 30.4 Å². The van der Waals surface area contributed by atoms with Crippen molar-refractivity contribution in [1.82, 2.24) is 4.90 Å². The largest absolute Gasteiger partial charge is 0.493 e. The van der Waals surface area contributed by atoms with E-state index in [1.54, 1.807) is 43.4 Å². The summed E-state index contributed by atoms with van der Waals surface area (Å²) < 4.78 is 37.7. The number of methoxy groups -OCH3 is 2.